The van der Waals surface area contributed by atoms with Gasteiger partial charge in [-0.3, -0.25) is 4.79 Å². The fourth-order valence-corrected chi connectivity index (χ4v) is 0.812. The first-order valence-corrected chi connectivity index (χ1v) is 3.66. The van der Waals surface area contributed by atoms with Crippen molar-refractivity contribution in [2.24, 2.45) is 5.73 Å². The average molecular weight is 175 g/mol. The van der Waals surface area contributed by atoms with Gasteiger partial charge >= 0.3 is 5.97 Å². The number of ether oxygens (including phenoxy) is 2. The van der Waals surface area contributed by atoms with Crippen LogP contribution in [0.5, 0.6) is 0 Å². The highest BCUT2D eigenvalue weighted by molar-refractivity contribution is 5.79. The largest absolute Gasteiger partial charge is 0.480 e. The number of carbonyl (C=O) groups is 1. The molecule has 70 valence electrons. The van der Waals surface area contributed by atoms with Crippen LogP contribution in [0.2, 0.25) is 0 Å². The summed E-state index contributed by atoms with van der Waals surface area (Å²) in [6, 6.07) is 0. The summed E-state index contributed by atoms with van der Waals surface area (Å²) in [7, 11) is 0. The number of carboxylic acids is 1. The Morgan fingerprint density at radius 1 is 1.42 bits per heavy atom. The molecule has 5 nitrogen and oxygen atoms in total. The van der Waals surface area contributed by atoms with Gasteiger partial charge < -0.3 is 20.3 Å². The van der Waals surface area contributed by atoms with Crippen LogP contribution in [-0.4, -0.2) is 35.6 Å². The Balaban J connectivity index is 2.62. The molecule has 1 rings (SSSR count). The second kappa shape index (κ2) is 2.69. The quantitative estimate of drug-likeness (QED) is 0.564. The number of aliphatic carboxylic acids is 1. The third-order valence-electron chi connectivity index (χ3n) is 1.78. The van der Waals surface area contributed by atoms with Crippen LogP contribution in [0.15, 0.2) is 0 Å². The summed E-state index contributed by atoms with van der Waals surface area (Å²) in [5.74, 6) is -1.82. The van der Waals surface area contributed by atoms with E-state index in [2.05, 4.69) is 0 Å². The van der Waals surface area contributed by atoms with Gasteiger partial charge in [-0.25, -0.2) is 0 Å². The van der Waals surface area contributed by atoms with Crippen molar-refractivity contribution in [3.05, 3.63) is 0 Å². The summed E-state index contributed by atoms with van der Waals surface area (Å²) in [6.45, 7) is 3.40. The van der Waals surface area contributed by atoms with Gasteiger partial charge in [0.2, 0.25) is 0 Å². The van der Waals surface area contributed by atoms with Crippen LogP contribution in [0.1, 0.15) is 13.8 Å². The molecule has 3 N–H and O–H groups in total. The van der Waals surface area contributed by atoms with E-state index in [9.17, 15) is 4.79 Å². The molecule has 0 aromatic rings. The molecule has 1 aliphatic heterocycles. The molecule has 5 heteroatoms. The van der Waals surface area contributed by atoms with E-state index in [-0.39, 0.29) is 13.2 Å². The summed E-state index contributed by atoms with van der Waals surface area (Å²) in [6.07, 6.45) is 0. The van der Waals surface area contributed by atoms with Crippen LogP contribution in [0.4, 0.5) is 0 Å². The predicted octanol–water partition coefficient (Wildman–Crippen LogP) is -0.449. The molecule has 12 heavy (non-hydrogen) atoms. The van der Waals surface area contributed by atoms with Crippen molar-refractivity contribution >= 4 is 5.97 Å². The molecule has 0 bridgehead atoms. The Hall–Kier alpha value is -0.650. The zero-order valence-corrected chi connectivity index (χ0v) is 7.16. The number of hydrogen-bond donors (Lipinski definition) is 2. The van der Waals surface area contributed by atoms with Gasteiger partial charge in [-0.2, -0.15) is 0 Å². The summed E-state index contributed by atoms with van der Waals surface area (Å²) >= 11 is 0. The highest BCUT2D eigenvalue weighted by atomic mass is 16.7. The third kappa shape index (κ3) is 1.74. The van der Waals surface area contributed by atoms with Gasteiger partial charge in [0.15, 0.2) is 11.3 Å². The van der Waals surface area contributed by atoms with Gasteiger partial charge in [-0.1, -0.05) is 0 Å². The van der Waals surface area contributed by atoms with Crippen LogP contribution in [0.3, 0.4) is 0 Å². The van der Waals surface area contributed by atoms with Crippen molar-refractivity contribution in [3.8, 4) is 0 Å². The van der Waals surface area contributed by atoms with Crippen molar-refractivity contribution in [3.63, 3.8) is 0 Å². The highest BCUT2D eigenvalue weighted by Crippen LogP contribution is 2.21. The summed E-state index contributed by atoms with van der Waals surface area (Å²) in [4.78, 5) is 10.6. The second-order valence-electron chi connectivity index (χ2n) is 3.44. The van der Waals surface area contributed by atoms with Crippen molar-refractivity contribution in [2.75, 3.05) is 13.2 Å². The number of hydrogen-bond acceptors (Lipinski definition) is 4. The number of nitrogens with two attached hydrogens (primary N) is 1. The first-order chi connectivity index (χ1) is 5.36. The minimum Gasteiger partial charge on any atom is -0.480 e. The van der Waals surface area contributed by atoms with E-state index in [0.717, 1.165) is 0 Å². The smallest absolute Gasteiger partial charge is 0.328 e. The van der Waals surface area contributed by atoms with Crippen molar-refractivity contribution in [1.29, 1.82) is 0 Å². The molecule has 1 heterocycles. The van der Waals surface area contributed by atoms with Crippen molar-refractivity contribution in [1.82, 2.24) is 0 Å². The van der Waals surface area contributed by atoms with Gasteiger partial charge in [-0.05, 0) is 13.8 Å². The van der Waals surface area contributed by atoms with Gasteiger partial charge in [0.25, 0.3) is 0 Å². The standard InChI is InChI=1S/C7H13NO4/c1-6(2)11-3-7(8,4-12-6)5(9)10/h3-4,8H2,1-2H3,(H,9,10). The minimum atomic E-state index is -1.39. The molecule has 0 aromatic carbocycles. The number of carboxylic acid groups (broad SMARTS) is 1. The van der Waals surface area contributed by atoms with Gasteiger partial charge in [0, 0.05) is 0 Å². The first-order valence-electron chi connectivity index (χ1n) is 3.66. The van der Waals surface area contributed by atoms with Gasteiger partial charge in [-0.15, -0.1) is 0 Å². The molecule has 0 radical (unpaired) electrons. The maximum Gasteiger partial charge on any atom is 0.328 e. The maximum absolute atomic E-state index is 10.6. The van der Waals surface area contributed by atoms with E-state index in [1.807, 2.05) is 0 Å². The lowest BCUT2D eigenvalue weighted by Gasteiger charge is -2.38. The van der Waals surface area contributed by atoms with E-state index in [0.29, 0.717) is 0 Å². The molecule has 1 aliphatic rings. The first kappa shape index (κ1) is 9.44. The van der Waals surface area contributed by atoms with Crippen LogP contribution in [0.25, 0.3) is 0 Å². The van der Waals surface area contributed by atoms with E-state index in [4.69, 9.17) is 20.3 Å². The lowest BCUT2D eigenvalue weighted by Crippen LogP contribution is -2.61. The van der Waals surface area contributed by atoms with E-state index in [1.54, 1.807) is 13.8 Å². The molecule has 0 unspecified atom stereocenters. The molecular formula is C7H13NO4. The van der Waals surface area contributed by atoms with E-state index < -0.39 is 17.3 Å². The average Bonchev–Trinajstić information content (AvgIpc) is 1.96. The fraction of sp³-hybridized carbons (Fsp3) is 0.857. The zero-order chi connectivity index (χ0) is 9.41. The molecule has 0 saturated carbocycles. The Kier molecular flexibility index (Phi) is 2.11. The number of rotatable bonds is 1. The molecule has 0 aromatic heterocycles. The summed E-state index contributed by atoms with van der Waals surface area (Å²) in [5, 5.41) is 8.68. The molecule has 0 atom stereocenters. The van der Waals surface area contributed by atoms with Gasteiger partial charge in [0.1, 0.15) is 0 Å². The molecule has 0 spiro atoms. The third-order valence-corrected chi connectivity index (χ3v) is 1.78. The van der Waals surface area contributed by atoms with Crippen LogP contribution in [-0.2, 0) is 14.3 Å². The van der Waals surface area contributed by atoms with E-state index in [1.165, 1.54) is 0 Å². The van der Waals surface area contributed by atoms with Crippen LogP contribution >= 0.6 is 0 Å². The SMILES string of the molecule is CC1(C)OCC(N)(C(=O)O)CO1. The Bertz CT molecular complexity index is 192. The molecular weight excluding hydrogens is 162 g/mol. The van der Waals surface area contributed by atoms with Crippen molar-refractivity contribution < 1.29 is 19.4 Å². The Labute approximate surface area is 70.4 Å². The topological polar surface area (TPSA) is 81.8 Å². The predicted molar refractivity (Wildman–Crippen MR) is 40.5 cm³/mol. The summed E-state index contributed by atoms with van der Waals surface area (Å²) < 4.78 is 10.2. The van der Waals surface area contributed by atoms with Crippen LogP contribution in [0, 0.1) is 0 Å². The van der Waals surface area contributed by atoms with Gasteiger partial charge in [0.05, 0.1) is 13.2 Å². The lowest BCUT2D eigenvalue weighted by molar-refractivity contribution is -0.266. The monoisotopic (exact) mass is 175 g/mol. The molecule has 1 saturated heterocycles. The van der Waals surface area contributed by atoms with Crippen LogP contribution < -0.4 is 5.73 Å². The zero-order valence-electron chi connectivity index (χ0n) is 7.16. The maximum atomic E-state index is 10.6. The second-order valence-corrected chi connectivity index (χ2v) is 3.44. The Morgan fingerprint density at radius 2 is 1.83 bits per heavy atom. The fourth-order valence-electron chi connectivity index (χ4n) is 0.812. The molecule has 0 aliphatic carbocycles. The van der Waals surface area contributed by atoms with E-state index >= 15 is 0 Å². The summed E-state index contributed by atoms with van der Waals surface area (Å²) in [5.41, 5.74) is 4.08. The lowest BCUT2D eigenvalue weighted by atomic mass is 10.0. The molecule has 1 fully saturated rings. The highest BCUT2D eigenvalue weighted by Gasteiger charge is 2.42. The minimum absolute atomic E-state index is 0.0185. The Morgan fingerprint density at radius 3 is 2.17 bits per heavy atom. The molecule has 0 amide bonds. The van der Waals surface area contributed by atoms with Crippen molar-refractivity contribution in [2.45, 2.75) is 25.2 Å². The normalized spacial score (nSPS) is 26.6.